The summed E-state index contributed by atoms with van der Waals surface area (Å²) in [6.07, 6.45) is 1.56. The molecule has 0 saturated heterocycles. The molecule has 1 atom stereocenters. The number of carbonyl (C=O) groups excluding carboxylic acids is 1. The van der Waals surface area contributed by atoms with Gasteiger partial charge in [-0.2, -0.15) is 5.10 Å². The van der Waals surface area contributed by atoms with Gasteiger partial charge in [-0.15, -0.1) is 11.8 Å². The molecule has 1 aliphatic rings. The predicted molar refractivity (Wildman–Crippen MR) is 103 cm³/mol. The zero-order chi connectivity index (χ0) is 17.8. The molecule has 25 heavy (non-hydrogen) atoms. The van der Waals surface area contributed by atoms with Gasteiger partial charge in [-0.3, -0.25) is 4.79 Å². The average molecular weight is 442 g/mol. The van der Waals surface area contributed by atoms with Crippen LogP contribution >= 0.6 is 39.3 Å². The average Bonchev–Trinajstić information content (AvgIpc) is 3.04. The number of fused-ring (bicyclic) bond motifs is 1. The molecular formula is C17H14BrClN2O3S. The number of nitrogens with one attached hydrogen (secondary N) is 1. The van der Waals surface area contributed by atoms with Crippen molar-refractivity contribution in [2.75, 3.05) is 6.79 Å². The third-order valence-corrected chi connectivity index (χ3v) is 5.42. The van der Waals surface area contributed by atoms with E-state index in [1.807, 2.05) is 25.1 Å². The summed E-state index contributed by atoms with van der Waals surface area (Å²) in [5.41, 5.74) is 3.33. The number of amides is 1. The molecule has 0 aliphatic carbocycles. The van der Waals surface area contributed by atoms with E-state index in [1.165, 1.54) is 11.8 Å². The lowest BCUT2D eigenvalue weighted by molar-refractivity contribution is -0.120. The van der Waals surface area contributed by atoms with Gasteiger partial charge >= 0.3 is 0 Å². The van der Waals surface area contributed by atoms with Crippen molar-refractivity contribution in [3.05, 3.63) is 51.5 Å². The summed E-state index contributed by atoms with van der Waals surface area (Å²) in [4.78, 5) is 13.1. The summed E-state index contributed by atoms with van der Waals surface area (Å²) in [7, 11) is 0. The van der Waals surface area contributed by atoms with Crippen LogP contribution in [0.25, 0.3) is 0 Å². The van der Waals surface area contributed by atoms with E-state index in [4.69, 9.17) is 21.1 Å². The van der Waals surface area contributed by atoms with Crippen LogP contribution in [-0.2, 0) is 4.79 Å². The van der Waals surface area contributed by atoms with Crippen LogP contribution in [0.5, 0.6) is 11.5 Å². The Morgan fingerprint density at radius 1 is 1.32 bits per heavy atom. The highest BCUT2D eigenvalue weighted by Crippen LogP contribution is 2.36. The van der Waals surface area contributed by atoms with Gasteiger partial charge < -0.3 is 9.47 Å². The van der Waals surface area contributed by atoms with E-state index < -0.39 is 0 Å². The molecule has 8 heteroatoms. The molecule has 2 aromatic carbocycles. The van der Waals surface area contributed by atoms with E-state index in [1.54, 1.807) is 24.4 Å². The number of benzene rings is 2. The van der Waals surface area contributed by atoms with Gasteiger partial charge in [-0.1, -0.05) is 11.6 Å². The van der Waals surface area contributed by atoms with Crippen LogP contribution in [0, 0.1) is 0 Å². The zero-order valence-corrected chi connectivity index (χ0v) is 16.3. The largest absolute Gasteiger partial charge is 0.454 e. The van der Waals surface area contributed by atoms with Crippen molar-refractivity contribution < 1.29 is 14.3 Å². The Balaban J connectivity index is 1.58. The molecule has 3 rings (SSSR count). The number of nitrogens with zero attached hydrogens (tertiary/aromatic N) is 1. The van der Waals surface area contributed by atoms with Crippen LogP contribution in [0.4, 0.5) is 0 Å². The minimum Gasteiger partial charge on any atom is -0.454 e. The molecule has 1 heterocycles. The SMILES string of the molecule is CC(Sc1ccc(Cl)cc1)C(=O)N/N=C/c1cc2c(cc1Br)OCO2. The number of ether oxygens (including phenoxy) is 2. The Labute approximate surface area is 162 Å². The highest BCUT2D eigenvalue weighted by Gasteiger charge is 2.16. The van der Waals surface area contributed by atoms with Gasteiger partial charge in [0.05, 0.1) is 11.5 Å². The van der Waals surface area contributed by atoms with Crippen LogP contribution in [0.2, 0.25) is 5.02 Å². The molecule has 130 valence electrons. The minimum absolute atomic E-state index is 0.187. The third kappa shape index (κ3) is 4.68. The second kappa shape index (κ2) is 8.12. The Hall–Kier alpha value is -1.70. The summed E-state index contributed by atoms with van der Waals surface area (Å²) in [6.45, 7) is 2.03. The monoisotopic (exact) mass is 440 g/mol. The van der Waals surface area contributed by atoms with E-state index in [0.29, 0.717) is 16.5 Å². The van der Waals surface area contributed by atoms with Gasteiger partial charge in [0.15, 0.2) is 11.5 Å². The van der Waals surface area contributed by atoms with Crippen molar-refractivity contribution >= 4 is 51.4 Å². The van der Waals surface area contributed by atoms with Crippen molar-refractivity contribution in [1.29, 1.82) is 0 Å². The second-order valence-electron chi connectivity index (χ2n) is 5.18. The van der Waals surface area contributed by atoms with Crippen molar-refractivity contribution in [3.63, 3.8) is 0 Å². The first-order valence-electron chi connectivity index (χ1n) is 7.37. The number of carbonyl (C=O) groups is 1. The molecule has 1 amide bonds. The van der Waals surface area contributed by atoms with Crippen LogP contribution in [-0.4, -0.2) is 24.2 Å². The topological polar surface area (TPSA) is 59.9 Å². The summed E-state index contributed by atoms with van der Waals surface area (Å²) in [6, 6.07) is 11.0. The number of hydrogen-bond acceptors (Lipinski definition) is 5. The molecule has 0 bridgehead atoms. The van der Waals surface area contributed by atoms with Crippen molar-refractivity contribution in [1.82, 2.24) is 5.43 Å². The van der Waals surface area contributed by atoms with E-state index in [9.17, 15) is 4.79 Å². The van der Waals surface area contributed by atoms with Crippen LogP contribution < -0.4 is 14.9 Å². The lowest BCUT2D eigenvalue weighted by Gasteiger charge is -2.09. The van der Waals surface area contributed by atoms with Crippen LogP contribution in [0.3, 0.4) is 0 Å². The van der Waals surface area contributed by atoms with E-state index in [0.717, 1.165) is 14.9 Å². The highest BCUT2D eigenvalue weighted by molar-refractivity contribution is 9.10. The van der Waals surface area contributed by atoms with Gasteiger partial charge in [0.2, 0.25) is 6.79 Å². The number of halogens is 2. The van der Waals surface area contributed by atoms with Gasteiger partial charge in [0.25, 0.3) is 5.91 Å². The Bertz CT molecular complexity index is 814. The molecule has 0 saturated carbocycles. The molecule has 2 aromatic rings. The van der Waals surface area contributed by atoms with E-state index in [2.05, 4.69) is 26.5 Å². The fraction of sp³-hybridized carbons (Fsp3) is 0.176. The molecule has 1 unspecified atom stereocenters. The summed E-state index contributed by atoms with van der Waals surface area (Å²) in [5.74, 6) is 1.15. The third-order valence-electron chi connectivity index (χ3n) is 3.37. The Kier molecular flexibility index (Phi) is 5.88. The molecule has 0 aromatic heterocycles. The number of hydrogen-bond donors (Lipinski definition) is 1. The molecule has 1 aliphatic heterocycles. The maximum Gasteiger partial charge on any atom is 0.253 e. The smallest absolute Gasteiger partial charge is 0.253 e. The van der Waals surface area contributed by atoms with Crippen molar-refractivity contribution in [3.8, 4) is 11.5 Å². The van der Waals surface area contributed by atoms with Crippen LogP contribution in [0.15, 0.2) is 50.9 Å². The normalized spacial score (nSPS) is 13.9. The Morgan fingerprint density at radius 2 is 2.00 bits per heavy atom. The Morgan fingerprint density at radius 3 is 2.72 bits per heavy atom. The molecule has 1 N–H and O–H groups in total. The van der Waals surface area contributed by atoms with Gasteiger partial charge in [0.1, 0.15) is 0 Å². The first kappa shape index (κ1) is 18.1. The fourth-order valence-electron chi connectivity index (χ4n) is 2.06. The molecule has 0 radical (unpaired) electrons. The molecule has 0 fully saturated rings. The molecule has 0 spiro atoms. The minimum atomic E-state index is -0.293. The van der Waals surface area contributed by atoms with Crippen LogP contribution in [0.1, 0.15) is 12.5 Å². The standard InChI is InChI=1S/C17H14BrClN2O3S/c1-10(25-13-4-2-12(19)3-5-13)17(22)21-20-8-11-6-15-16(7-14(11)18)24-9-23-15/h2-8,10H,9H2,1H3,(H,21,22)/b20-8+. The van der Waals surface area contributed by atoms with Crippen molar-refractivity contribution in [2.45, 2.75) is 17.1 Å². The first-order chi connectivity index (χ1) is 12.0. The van der Waals surface area contributed by atoms with E-state index in [-0.39, 0.29) is 18.0 Å². The lowest BCUT2D eigenvalue weighted by atomic mass is 10.2. The fourth-order valence-corrected chi connectivity index (χ4v) is 3.47. The molecule has 5 nitrogen and oxygen atoms in total. The lowest BCUT2D eigenvalue weighted by Crippen LogP contribution is -2.26. The summed E-state index contributed by atoms with van der Waals surface area (Å²) >= 11 is 10.7. The number of rotatable bonds is 5. The summed E-state index contributed by atoms with van der Waals surface area (Å²) in [5, 5.41) is 4.39. The maximum absolute atomic E-state index is 12.1. The second-order valence-corrected chi connectivity index (χ2v) is 7.88. The quantitative estimate of drug-likeness (QED) is 0.423. The number of hydrazone groups is 1. The highest BCUT2D eigenvalue weighted by atomic mass is 79.9. The molecular weight excluding hydrogens is 428 g/mol. The summed E-state index contributed by atoms with van der Waals surface area (Å²) < 4.78 is 11.4. The maximum atomic E-state index is 12.1. The van der Waals surface area contributed by atoms with Crippen molar-refractivity contribution in [2.24, 2.45) is 5.10 Å². The van der Waals surface area contributed by atoms with Gasteiger partial charge in [-0.25, -0.2) is 5.43 Å². The van der Waals surface area contributed by atoms with Gasteiger partial charge in [-0.05, 0) is 59.3 Å². The van der Waals surface area contributed by atoms with Gasteiger partial charge in [0, 0.05) is 20.0 Å². The zero-order valence-electron chi connectivity index (χ0n) is 13.2. The first-order valence-corrected chi connectivity index (χ1v) is 9.42. The van der Waals surface area contributed by atoms with E-state index >= 15 is 0 Å². The number of thioether (sulfide) groups is 1. The predicted octanol–water partition coefficient (Wildman–Crippen LogP) is 4.46.